The summed E-state index contributed by atoms with van der Waals surface area (Å²) in [5, 5.41) is 9.07. The van der Waals surface area contributed by atoms with Gasteiger partial charge >= 0.3 is 6.03 Å². The maximum absolute atomic E-state index is 11.8. The minimum absolute atomic E-state index is 0.0770. The van der Waals surface area contributed by atoms with E-state index < -0.39 is 15.9 Å². The van der Waals surface area contributed by atoms with Crippen LogP contribution < -0.4 is 10.6 Å². The molecule has 0 atom stereocenters. The van der Waals surface area contributed by atoms with Gasteiger partial charge in [-0.3, -0.25) is 0 Å². The van der Waals surface area contributed by atoms with E-state index in [9.17, 15) is 13.2 Å². The molecule has 0 unspecified atom stereocenters. The van der Waals surface area contributed by atoms with Gasteiger partial charge in [-0.15, -0.1) is 0 Å². The van der Waals surface area contributed by atoms with Crippen LogP contribution in [0.1, 0.15) is 5.56 Å². The largest absolute Gasteiger partial charge is 0.334 e. The molecule has 21 heavy (non-hydrogen) atoms. The molecule has 2 rings (SSSR count). The normalized spacial score (nSPS) is 11.1. The zero-order chi connectivity index (χ0) is 15.5. The second-order valence-corrected chi connectivity index (χ2v) is 7.47. The summed E-state index contributed by atoms with van der Waals surface area (Å²) in [5.41, 5.74) is 1.14. The molecule has 2 amide bonds. The number of hydrogen-bond acceptors (Lipinski definition) is 4. The van der Waals surface area contributed by atoms with Crippen molar-refractivity contribution in [3.8, 4) is 0 Å². The van der Waals surface area contributed by atoms with Crippen molar-refractivity contribution in [2.24, 2.45) is 0 Å². The molecule has 0 aliphatic carbocycles. The number of hydrogen-bond donors (Lipinski definition) is 2. The molecule has 0 spiro atoms. The SMILES string of the molecule is CS(=O)(=O)c1c(Cl)cccc1NC(=O)NCc1ccsc1. The predicted octanol–water partition coefficient (Wildman–Crippen LogP) is 3.13. The van der Waals surface area contributed by atoms with Crippen LogP contribution in [-0.2, 0) is 16.4 Å². The van der Waals surface area contributed by atoms with Crippen molar-refractivity contribution in [3.63, 3.8) is 0 Å². The van der Waals surface area contributed by atoms with Crippen LogP contribution in [0.15, 0.2) is 39.9 Å². The number of halogens is 1. The van der Waals surface area contributed by atoms with Gasteiger partial charge in [-0.25, -0.2) is 13.2 Å². The van der Waals surface area contributed by atoms with Gasteiger partial charge in [0, 0.05) is 12.8 Å². The van der Waals surface area contributed by atoms with E-state index in [-0.39, 0.29) is 15.6 Å². The quantitative estimate of drug-likeness (QED) is 0.894. The second-order valence-electron chi connectivity index (χ2n) is 4.33. The summed E-state index contributed by atoms with van der Waals surface area (Å²) in [4.78, 5) is 11.8. The van der Waals surface area contributed by atoms with Crippen molar-refractivity contribution in [2.45, 2.75) is 11.4 Å². The molecule has 0 saturated carbocycles. The number of amides is 2. The maximum atomic E-state index is 11.8. The average molecular weight is 345 g/mol. The number of anilines is 1. The predicted molar refractivity (Wildman–Crippen MR) is 84.7 cm³/mol. The number of carbonyl (C=O) groups is 1. The Bertz CT molecular complexity index is 743. The Kier molecular flexibility index (Phi) is 4.87. The summed E-state index contributed by atoms with van der Waals surface area (Å²) >= 11 is 7.44. The topological polar surface area (TPSA) is 75.3 Å². The standard InChI is InChI=1S/C13H13ClN2O3S2/c1-21(18,19)12-10(14)3-2-4-11(12)16-13(17)15-7-9-5-6-20-8-9/h2-6,8H,7H2,1H3,(H2,15,16,17). The molecular weight excluding hydrogens is 332 g/mol. The van der Waals surface area contributed by atoms with E-state index in [0.717, 1.165) is 11.8 Å². The third-order valence-electron chi connectivity index (χ3n) is 2.62. The molecule has 2 aromatic rings. The lowest BCUT2D eigenvalue weighted by Crippen LogP contribution is -2.28. The second kappa shape index (κ2) is 6.46. The Balaban J connectivity index is 2.12. The summed E-state index contributed by atoms with van der Waals surface area (Å²) in [7, 11) is -3.54. The molecule has 0 saturated heterocycles. The number of rotatable bonds is 4. The van der Waals surface area contributed by atoms with Crippen LogP contribution in [0.3, 0.4) is 0 Å². The van der Waals surface area contributed by atoms with Crippen molar-refractivity contribution in [1.29, 1.82) is 0 Å². The van der Waals surface area contributed by atoms with Crippen LogP contribution in [0.25, 0.3) is 0 Å². The molecule has 0 aliphatic heterocycles. The first-order valence-corrected chi connectivity index (χ1v) is 9.13. The van der Waals surface area contributed by atoms with Gasteiger partial charge < -0.3 is 10.6 Å². The van der Waals surface area contributed by atoms with Crippen molar-refractivity contribution < 1.29 is 13.2 Å². The number of benzene rings is 1. The van der Waals surface area contributed by atoms with Gasteiger partial charge in [0.05, 0.1) is 10.7 Å². The summed E-state index contributed by atoms with van der Waals surface area (Å²) in [6.07, 6.45) is 1.04. The number of sulfone groups is 1. The highest BCUT2D eigenvalue weighted by atomic mass is 35.5. The van der Waals surface area contributed by atoms with Crippen LogP contribution in [0.5, 0.6) is 0 Å². The van der Waals surface area contributed by atoms with Crippen molar-refractivity contribution in [3.05, 3.63) is 45.6 Å². The third kappa shape index (κ3) is 4.20. The Labute approximate surface area is 131 Å². The van der Waals surface area contributed by atoms with Gasteiger partial charge in [-0.1, -0.05) is 17.7 Å². The molecule has 1 aromatic carbocycles. The van der Waals surface area contributed by atoms with Gasteiger partial charge in [-0.2, -0.15) is 11.3 Å². The van der Waals surface area contributed by atoms with E-state index in [4.69, 9.17) is 11.6 Å². The number of nitrogens with one attached hydrogen (secondary N) is 2. The van der Waals surface area contributed by atoms with E-state index in [1.54, 1.807) is 6.07 Å². The highest BCUT2D eigenvalue weighted by molar-refractivity contribution is 7.91. The molecule has 0 fully saturated rings. The maximum Gasteiger partial charge on any atom is 0.319 e. The van der Waals surface area contributed by atoms with Gasteiger partial charge in [-0.05, 0) is 34.5 Å². The first kappa shape index (κ1) is 15.8. The fraction of sp³-hybridized carbons (Fsp3) is 0.154. The van der Waals surface area contributed by atoms with Gasteiger partial charge in [0.1, 0.15) is 4.90 Å². The third-order valence-corrected chi connectivity index (χ3v) is 4.96. The van der Waals surface area contributed by atoms with Gasteiger partial charge in [0.25, 0.3) is 0 Å². The summed E-state index contributed by atoms with van der Waals surface area (Å²) in [5.74, 6) is 0. The average Bonchev–Trinajstić information content (AvgIpc) is 2.88. The van der Waals surface area contributed by atoms with Crippen molar-refractivity contribution >= 4 is 44.5 Å². The molecule has 0 bridgehead atoms. The number of thiophene rings is 1. The van der Waals surface area contributed by atoms with Crippen molar-refractivity contribution in [1.82, 2.24) is 5.32 Å². The smallest absolute Gasteiger partial charge is 0.319 e. The number of carbonyl (C=O) groups excluding carboxylic acids is 1. The fourth-order valence-corrected chi connectivity index (χ4v) is 3.93. The van der Waals surface area contributed by atoms with E-state index >= 15 is 0 Å². The molecule has 5 nitrogen and oxygen atoms in total. The Morgan fingerprint density at radius 1 is 1.33 bits per heavy atom. The minimum Gasteiger partial charge on any atom is -0.334 e. The highest BCUT2D eigenvalue weighted by Crippen LogP contribution is 2.29. The summed E-state index contributed by atoms with van der Waals surface area (Å²) in [6.45, 7) is 0.365. The zero-order valence-electron chi connectivity index (χ0n) is 11.1. The van der Waals surface area contributed by atoms with Crippen LogP contribution in [0, 0.1) is 0 Å². The van der Waals surface area contributed by atoms with E-state index in [1.807, 2.05) is 16.8 Å². The monoisotopic (exact) mass is 344 g/mol. The highest BCUT2D eigenvalue weighted by Gasteiger charge is 2.18. The molecule has 8 heteroatoms. The Morgan fingerprint density at radius 3 is 2.71 bits per heavy atom. The van der Waals surface area contributed by atoms with Crippen LogP contribution >= 0.6 is 22.9 Å². The Morgan fingerprint density at radius 2 is 2.10 bits per heavy atom. The van der Waals surface area contributed by atoms with Crippen LogP contribution in [0.4, 0.5) is 10.5 Å². The first-order chi connectivity index (χ1) is 9.88. The molecule has 1 aromatic heterocycles. The lowest BCUT2D eigenvalue weighted by molar-refractivity contribution is 0.251. The number of urea groups is 1. The Hall–Kier alpha value is -1.57. The van der Waals surface area contributed by atoms with E-state index in [2.05, 4.69) is 10.6 Å². The summed E-state index contributed by atoms with van der Waals surface area (Å²) in [6, 6.07) is 5.93. The molecule has 2 N–H and O–H groups in total. The van der Waals surface area contributed by atoms with E-state index in [1.165, 1.54) is 23.5 Å². The molecular formula is C13H13ClN2O3S2. The first-order valence-electron chi connectivity index (χ1n) is 5.92. The molecule has 0 radical (unpaired) electrons. The van der Waals surface area contributed by atoms with E-state index in [0.29, 0.717) is 6.54 Å². The summed E-state index contributed by atoms with van der Waals surface area (Å²) < 4.78 is 23.5. The molecule has 1 heterocycles. The van der Waals surface area contributed by atoms with Gasteiger partial charge in [0.2, 0.25) is 0 Å². The van der Waals surface area contributed by atoms with Crippen LogP contribution in [-0.4, -0.2) is 20.7 Å². The van der Waals surface area contributed by atoms with Crippen molar-refractivity contribution in [2.75, 3.05) is 11.6 Å². The minimum atomic E-state index is -3.54. The van der Waals surface area contributed by atoms with Crippen LogP contribution in [0.2, 0.25) is 5.02 Å². The molecule has 0 aliphatic rings. The lowest BCUT2D eigenvalue weighted by atomic mass is 10.3. The fourth-order valence-electron chi connectivity index (χ4n) is 1.73. The van der Waals surface area contributed by atoms with Gasteiger partial charge in [0.15, 0.2) is 9.84 Å². The lowest BCUT2D eigenvalue weighted by Gasteiger charge is -2.11. The molecule has 112 valence electrons. The zero-order valence-corrected chi connectivity index (χ0v) is 13.5.